The van der Waals surface area contributed by atoms with Crippen LogP contribution in [-0.4, -0.2) is 53.1 Å². The Balaban J connectivity index is 1.55. The molecule has 3 rings (SSSR count). The molecule has 25 heavy (non-hydrogen) atoms. The topological polar surface area (TPSA) is 58.6 Å². The Morgan fingerprint density at radius 1 is 1.08 bits per heavy atom. The lowest BCUT2D eigenvalue weighted by Crippen LogP contribution is -2.52. The van der Waals surface area contributed by atoms with E-state index in [1.807, 2.05) is 36.9 Å². The first kappa shape index (κ1) is 17.2. The molecule has 6 heteroatoms. The first-order chi connectivity index (χ1) is 12.0. The highest BCUT2D eigenvalue weighted by molar-refractivity contribution is 5.81. The number of benzene rings is 1. The fraction of sp³-hybridized carbons (Fsp3) is 0.421. The van der Waals surface area contributed by atoms with Gasteiger partial charge in [0.25, 0.3) is 5.91 Å². The molecule has 1 atom stereocenters. The summed E-state index contributed by atoms with van der Waals surface area (Å²) in [5.74, 6) is 1.47. The Morgan fingerprint density at radius 3 is 2.40 bits per heavy atom. The minimum Gasteiger partial charge on any atom is -0.481 e. The van der Waals surface area contributed by atoms with Crippen molar-refractivity contribution < 1.29 is 9.53 Å². The summed E-state index contributed by atoms with van der Waals surface area (Å²) >= 11 is 0. The van der Waals surface area contributed by atoms with Crippen LogP contribution in [0.5, 0.6) is 5.75 Å². The van der Waals surface area contributed by atoms with Crippen molar-refractivity contribution in [3.8, 4) is 5.75 Å². The van der Waals surface area contributed by atoms with Crippen molar-refractivity contribution in [3.63, 3.8) is 0 Å². The quantitative estimate of drug-likeness (QED) is 0.854. The van der Waals surface area contributed by atoms with E-state index >= 15 is 0 Å². The Labute approximate surface area is 148 Å². The van der Waals surface area contributed by atoms with Crippen molar-refractivity contribution in [1.29, 1.82) is 0 Å². The molecule has 2 aromatic rings. The maximum atomic E-state index is 12.6. The van der Waals surface area contributed by atoms with Crippen molar-refractivity contribution in [2.45, 2.75) is 26.9 Å². The molecule has 2 heterocycles. The van der Waals surface area contributed by atoms with E-state index in [0.29, 0.717) is 19.0 Å². The van der Waals surface area contributed by atoms with Gasteiger partial charge in [-0.15, -0.1) is 0 Å². The van der Waals surface area contributed by atoms with Crippen molar-refractivity contribution in [2.75, 3.05) is 31.1 Å². The predicted octanol–water partition coefficient (Wildman–Crippen LogP) is 2.21. The summed E-state index contributed by atoms with van der Waals surface area (Å²) in [7, 11) is 0. The highest BCUT2D eigenvalue weighted by Gasteiger charge is 2.26. The van der Waals surface area contributed by atoms with Gasteiger partial charge in [0.2, 0.25) is 5.95 Å². The lowest BCUT2D eigenvalue weighted by Gasteiger charge is -2.35. The van der Waals surface area contributed by atoms with E-state index in [0.717, 1.165) is 24.4 Å². The number of aromatic nitrogens is 2. The highest BCUT2D eigenvalue weighted by atomic mass is 16.5. The fourth-order valence-electron chi connectivity index (χ4n) is 2.88. The van der Waals surface area contributed by atoms with Gasteiger partial charge in [-0.1, -0.05) is 6.07 Å². The second kappa shape index (κ2) is 7.51. The first-order valence-corrected chi connectivity index (χ1v) is 8.59. The number of amides is 1. The highest BCUT2D eigenvalue weighted by Crippen LogP contribution is 2.19. The van der Waals surface area contributed by atoms with E-state index in [2.05, 4.69) is 21.8 Å². The Bertz CT molecular complexity index is 727. The molecule has 1 aliphatic rings. The van der Waals surface area contributed by atoms with Gasteiger partial charge < -0.3 is 14.5 Å². The summed E-state index contributed by atoms with van der Waals surface area (Å²) in [6.07, 6.45) is 2.97. The van der Waals surface area contributed by atoms with Crippen LogP contribution in [0.4, 0.5) is 5.95 Å². The molecule has 0 saturated carbocycles. The number of ether oxygens (including phenoxy) is 1. The molecule has 0 spiro atoms. The Morgan fingerprint density at radius 2 is 1.76 bits per heavy atom. The monoisotopic (exact) mass is 340 g/mol. The van der Waals surface area contributed by atoms with Gasteiger partial charge in [0.15, 0.2) is 6.10 Å². The van der Waals surface area contributed by atoms with E-state index in [9.17, 15) is 4.79 Å². The average Bonchev–Trinajstić information content (AvgIpc) is 2.65. The molecule has 0 bridgehead atoms. The molecule has 0 radical (unpaired) electrons. The van der Waals surface area contributed by atoms with Crippen LogP contribution >= 0.6 is 0 Å². The Kier molecular flexibility index (Phi) is 5.16. The third-order valence-corrected chi connectivity index (χ3v) is 4.57. The van der Waals surface area contributed by atoms with Gasteiger partial charge in [0.05, 0.1) is 0 Å². The average molecular weight is 340 g/mol. The molecule has 6 nitrogen and oxygen atoms in total. The summed E-state index contributed by atoms with van der Waals surface area (Å²) < 4.78 is 5.85. The van der Waals surface area contributed by atoms with E-state index < -0.39 is 6.10 Å². The van der Waals surface area contributed by atoms with Crippen molar-refractivity contribution in [2.24, 2.45) is 0 Å². The smallest absolute Gasteiger partial charge is 0.263 e. The van der Waals surface area contributed by atoms with Crippen molar-refractivity contribution in [1.82, 2.24) is 14.9 Å². The minimum absolute atomic E-state index is 0.0202. The summed E-state index contributed by atoms with van der Waals surface area (Å²) in [6, 6.07) is 7.70. The normalized spacial score (nSPS) is 15.8. The second-order valence-electron chi connectivity index (χ2n) is 6.37. The first-order valence-electron chi connectivity index (χ1n) is 8.59. The van der Waals surface area contributed by atoms with Crippen molar-refractivity contribution >= 4 is 11.9 Å². The zero-order chi connectivity index (χ0) is 17.8. The minimum atomic E-state index is -0.498. The largest absolute Gasteiger partial charge is 0.481 e. The number of rotatable bonds is 4. The molecular formula is C19H24N4O2. The zero-order valence-electron chi connectivity index (χ0n) is 15.0. The second-order valence-corrected chi connectivity index (χ2v) is 6.37. The molecular weight excluding hydrogens is 316 g/mol. The number of hydrogen-bond donors (Lipinski definition) is 0. The molecule has 1 aromatic carbocycles. The third-order valence-electron chi connectivity index (χ3n) is 4.57. The van der Waals surface area contributed by atoms with Crippen molar-refractivity contribution in [3.05, 3.63) is 47.8 Å². The number of carbonyl (C=O) groups excluding carboxylic acids is 1. The molecule has 0 aliphatic carbocycles. The zero-order valence-corrected chi connectivity index (χ0v) is 15.0. The van der Waals surface area contributed by atoms with Crippen LogP contribution in [0.15, 0.2) is 36.7 Å². The third kappa shape index (κ3) is 4.07. The number of hydrogen-bond acceptors (Lipinski definition) is 5. The van der Waals surface area contributed by atoms with Crippen LogP contribution in [0, 0.1) is 13.8 Å². The number of carbonyl (C=O) groups is 1. The fourth-order valence-corrected chi connectivity index (χ4v) is 2.88. The number of anilines is 1. The van der Waals surface area contributed by atoms with Gasteiger partial charge >= 0.3 is 0 Å². The van der Waals surface area contributed by atoms with Crippen LogP contribution in [0.1, 0.15) is 18.1 Å². The standard InChI is InChI=1S/C19H24N4O2/c1-14-5-6-17(13-15(14)2)25-16(3)18(24)22-9-11-23(12-10-22)19-20-7-4-8-21-19/h4-8,13,16H,9-12H2,1-3H3/t16-/m1/s1. The molecule has 1 aromatic heterocycles. The van der Waals surface area contributed by atoms with Crippen LogP contribution in [0.3, 0.4) is 0 Å². The molecule has 0 unspecified atom stereocenters. The predicted molar refractivity (Wildman–Crippen MR) is 96.8 cm³/mol. The summed E-state index contributed by atoms with van der Waals surface area (Å²) in [6.45, 7) is 8.67. The van der Waals surface area contributed by atoms with Gasteiger partial charge in [0.1, 0.15) is 5.75 Å². The van der Waals surface area contributed by atoms with Gasteiger partial charge in [0, 0.05) is 38.6 Å². The SMILES string of the molecule is Cc1ccc(O[C@H](C)C(=O)N2CCN(c3ncccn3)CC2)cc1C. The number of piperazine rings is 1. The van der Waals surface area contributed by atoms with Gasteiger partial charge in [-0.3, -0.25) is 4.79 Å². The number of nitrogens with zero attached hydrogens (tertiary/aromatic N) is 4. The Hall–Kier alpha value is -2.63. The lowest BCUT2D eigenvalue weighted by atomic mass is 10.1. The lowest BCUT2D eigenvalue weighted by molar-refractivity contribution is -0.138. The molecule has 1 fully saturated rings. The van der Waals surface area contributed by atoms with E-state index in [4.69, 9.17) is 4.74 Å². The molecule has 132 valence electrons. The van der Waals surface area contributed by atoms with Crippen LogP contribution in [0.2, 0.25) is 0 Å². The summed E-state index contributed by atoms with van der Waals surface area (Å²) in [5, 5.41) is 0. The summed E-state index contributed by atoms with van der Waals surface area (Å²) in [4.78, 5) is 25.1. The molecule has 1 saturated heterocycles. The number of aryl methyl sites for hydroxylation is 2. The van der Waals surface area contributed by atoms with E-state index in [-0.39, 0.29) is 5.91 Å². The van der Waals surface area contributed by atoms with Gasteiger partial charge in [-0.25, -0.2) is 9.97 Å². The van der Waals surface area contributed by atoms with Crippen LogP contribution < -0.4 is 9.64 Å². The van der Waals surface area contributed by atoms with E-state index in [1.54, 1.807) is 18.5 Å². The molecule has 1 amide bonds. The van der Waals surface area contributed by atoms with Gasteiger partial charge in [-0.2, -0.15) is 0 Å². The van der Waals surface area contributed by atoms with Crippen LogP contribution in [-0.2, 0) is 4.79 Å². The van der Waals surface area contributed by atoms with Gasteiger partial charge in [-0.05, 0) is 50.1 Å². The maximum absolute atomic E-state index is 12.6. The van der Waals surface area contributed by atoms with E-state index in [1.165, 1.54) is 5.56 Å². The molecule has 1 aliphatic heterocycles. The molecule has 0 N–H and O–H groups in total. The summed E-state index contributed by atoms with van der Waals surface area (Å²) in [5.41, 5.74) is 2.37. The van der Waals surface area contributed by atoms with Crippen LogP contribution in [0.25, 0.3) is 0 Å². The maximum Gasteiger partial charge on any atom is 0.263 e.